The summed E-state index contributed by atoms with van der Waals surface area (Å²) in [5, 5.41) is 11.6. The highest BCUT2D eigenvalue weighted by molar-refractivity contribution is 5.78. The Morgan fingerprint density at radius 3 is 2.81 bits per heavy atom. The minimum atomic E-state index is -0.832. The summed E-state index contributed by atoms with van der Waals surface area (Å²) in [4.78, 5) is 35.6. The number of carboxylic acid groups (broad SMARTS) is 1. The summed E-state index contributed by atoms with van der Waals surface area (Å²) in [5.74, 6) is -1.22. The molecule has 1 amide bonds. The number of rotatable bonds is 9. The SMILES string of the molecule is CCOC(=O)CCCNC(=O)CN1CCCC1CC(=O)O. The van der Waals surface area contributed by atoms with Crippen LogP contribution in [0.25, 0.3) is 0 Å². The van der Waals surface area contributed by atoms with E-state index in [1.165, 1.54) is 0 Å². The van der Waals surface area contributed by atoms with Crippen molar-refractivity contribution in [2.75, 3.05) is 26.2 Å². The van der Waals surface area contributed by atoms with Gasteiger partial charge in [-0.15, -0.1) is 0 Å². The predicted octanol–water partition coefficient (Wildman–Crippen LogP) is 0.385. The van der Waals surface area contributed by atoms with E-state index in [1.54, 1.807) is 6.92 Å². The lowest BCUT2D eigenvalue weighted by Gasteiger charge is -2.22. The van der Waals surface area contributed by atoms with Crippen LogP contribution in [0.4, 0.5) is 0 Å². The molecule has 1 aliphatic heterocycles. The smallest absolute Gasteiger partial charge is 0.305 e. The normalized spacial score (nSPS) is 18.4. The molecule has 0 bridgehead atoms. The van der Waals surface area contributed by atoms with Gasteiger partial charge in [0, 0.05) is 19.0 Å². The fourth-order valence-electron chi connectivity index (χ4n) is 2.47. The van der Waals surface area contributed by atoms with Gasteiger partial charge in [0.2, 0.25) is 5.91 Å². The van der Waals surface area contributed by atoms with Crippen LogP contribution in [0.1, 0.15) is 39.0 Å². The van der Waals surface area contributed by atoms with Gasteiger partial charge in [0.15, 0.2) is 0 Å². The van der Waals surface area contributed by atoms with Gasteiger partial charge in [0.25, 0.3) is 0 Å². The maximum Gasteiger partial charge on any atom is 0.305 e. The van der Waals surface area contributed by atoms with Crippen molar-refractivity contribution in [3.63, 3.8) is 0 Å². The van der Waals surface area contributed by atoms with Crippen molar-refractivity contribution in [3.05, 3.63) is 0 Å². The number of hydrogen-bond donors (Lipinski definition) is 2. The van der Waals surface area contributed by atoms with E-state index in [0.717, 1.165) is 19.4 Å². The second-order valence-corrected chi connectivity index (χ2v) is 5.12. The zero-order valence-electron chi connectivity index (χ0n) is 12.5. The highest BCUT2D eigenvalue weighted by Gasteiger charge is 2.27. The summed E-state index contributed by atoms with van der Waals surface area (Å²) in [7, 11) is 0. The standard InChI is InChI=1S/C14H24N2O5/c1-2-21-14(20)6-3-7-15-12(17)10-16-8-4-5-11(16)9-13(18)19/h11H,2-10H2,1H3,(H,15,17)(H,18,19). The minimum Gasteiger partial charge on any atom is -0.481 e. The second-order valence-electron chi connectivity index (χ2n) is 5.12. The van der Waals surface area contributed by atoms with Crippen molar-refractivity contribution in [1.82, 2.24) is 10.2 Å². The van der Waals surface area contributed by atoms with Gasteiger partial charge in [0.1, 0.15) is 0 Å². The van der Waals surface area contributed by atoms with Gasteiger partial charge in [0.05, 0.1) is 19.6 Å². The molecule has 1 heterocycles. The van der Waals surface area contributed by atoms with Gasteiger partial charge < -0.3 is 15.2 Å². The number of carbonyl (C=O) groups excluding carboxylic acids is 2. The number of hydrogen-bond acceptors (Lipinski definition) is 5. The quantitative estimate of drug-likeness (QED) is 0.472. The summed E-state index contributed by atoms with van der Waals surface area (Å²) in [5.41, 5.74) is 0. The number of nitrogens with zero attached hydrogens (tertiary/aromatic N) is 1. The number of likely N-dealkylation sites (tertiary alicyclic amines) is 1. The highest BCUT2D eigenvalue weighted by atomic mass is 16.5. The Morgan fingerprint density at radius 1 is 1.38 bits per heavy atom. The molecule has 1 unspecified atom stereocenters. The van der Waals surface area contributed by atoms with Crippen LogP contribution in [-0.2, 0) is 19.1 Å². The molecule has 120 valence electrons. The molecule has 1 rings (SSSR count). The van der Waals surface area contributed by atoms with Crippen LogP contribution in [0.5, 0.6) is 0 Å². The van der Waals surface area contributed by atoms with E-state index in [4.69, 9.17) is 9.84 Å². The first-order chi connectivity index (χ1) is 10.0. The maximum atomic E-state index is 11.8. The molecule has 0 aliphatic carbocycles. The molecule has 1 aliphatic rings. The number of carbonyl (C=O) groups is 3. The maximum absolute atomic E-state index is 11.8. The topological polar surface area (TPSA) is 95.9 Å². The van der Waals surface area contributed by atoms with Crippen molar-refractivity contribution >= 4 is 17.8 Å². The third kappa shape index (κ3) is 7.08. The molecule has 0 aromatic heterocycles. The molecule has 2 N–H and O–H groups in total. The van der Waals surface area contributed by atoms with Crippen molar-refractivity contribution in [2.24, 2.45) is 0 Å². The first kappa shape index (κ1) is 17.4. The zero-order chi connectivity index (χ0) is 15.7. The van der Waals surface area contributed by atoms with E-state index < -0.39 is 5.97 Å². The Bertz CT molecular complexity index is 372. The van der Waals surface area contributed by atoms with Gasteiger partial charge in [-0.3, -0.25) is 19.3 Å². The molecule has 7 heteroatoms. The van der Waals surface area contributed by atoms with Crippen LogP contribution in [0.15, 0.2) is 0 Å². The van der Waals surface area contributed by atoms with Gasteiger partial charge >= 0.3 is 11.9 Å². The molecule has 0 radical (unpaired) electrons. The highest BCUT2D eigenvalue weighted by Crippen LogP contribution is 2.19. The van der Waals surface area contributed by atoms with Crippen LogP contribution in [-0.4, -0.2) is 60.1 Å². The van der Waals surface area contributed by atoms with Crippen LogP contribution in [0.2, 0.25) is 0 Å². The summed E-state index contributed by atoms with van der Waals surface area (Å²) in [6.07, 6.45) is 2.66. The lowest BCUT2D eigenvalue weighted by molar-refractivity contribution is -0.143. The summed E-state index contributed by atoms with van der Waals surface area (Å²) >= 11 is 0. The number of carboxylic acids is 1. The molecule has 1 saturated heterocycles. The number of aliphatic carboxylic acids is 1. The molecule has 0 aromatic rings. The number of esters is 1. The molecular weight excluding hydrogens is 276 g/mol. The van der Waals surface area contributed by atoms with Crippen molar-refractivity contribution in [1.29, 1.82) is 0 Å². The van der Waals surface area contributed by atoms with Crippen molar-refractivity contribution in [2.45, 2.75) is 45.1 Å². The molecule has 0 spiro atoms. The first-order valence-corrected chi connectivity index (χ1v) is 7.41. The molecule has 7 nitrogen and oxygen atoms in total. The average molecular weight is 300 g/mol. The Balaban J connectivity index is 2.18. The third-order valence-corrected chi connectivity index (χ3v) is 3.44. The Labute approximate surface area is 124 Å². The number of nitrogens with one attached hydrogen (secondary N) is 1. The lowest BCUT2D eigenvalue weighted by atomic mass is 10.1. The zero-order valence-corrected chi connectivity index (χ0v) is 12.5. The Hall–Kier alpha value is -1.63. The summed E-state index contributed by atoms with van der Waals surface area (Å²) < 4.78 is 4.79. The number of ether oxygens (including phenoxy) is 1. The third-order valence-electron chi connectivity index (χ3n) is 3.44. The fraction of sp³-hybridized carbons (Fsp3) is 0.786. The number of amides is 1. The van der Waals surface area contributed by atoms with E-state index in [9.17, 15) is 14.4 Å². The van der Waals surface area contributed by atoms with E-state index in [2.05, 4.69) is 5.32 Å². The molecule has 0 aromatic carbocycles. The van der Waals surface area contributed by atoms with E-state index >= 15 is 0 Å². The van der Waals surface area contributed by atoms with Gasteiger partial charge in [-0.1, -0.05) is 0 Å². The second kappa shape index (κ2) is 9.33. The predicted molar refractivity (Wildman–Crippen MR) is 75.7 cm³/mol. The van der Waals surface area contributed by atoms with Gasteiger partial charge in [-0.05, 0) is 32.7 Å². The minimum absolute atomic E-state index is 0.0484. The van der Waals surface area contributed by atoms with Crippen LogP contribution < -0.4 is 5.32 Å². The largest absolute Gasteiger partial charge is 0.481 e. The summed E-state index contributed by atoms with van der Waals surface area (Å²) in [6.45, 7) is 3.52. The lowest BCUT2D eigenvalue weighted by Crippen LogP contribution is -2.40. The monoisotopic (exact) mass is 300 g/mol. The molecular formula is C14H24N2O5. The van der Waals surface area contributed by atoms with Crippen molar-refractivity contribution < 1.29 is 24.2 Å². The Kier molecular flexibility index (Phi) is 7.74. The Morgan fingerprint density at radius 2 is 2.14 bits per heavy atom. The molecule has 1 fully saturated rings. The van der Waals surface area contributed by atoms with Gasteiger partial charge in [-0.2, -0.15) is 0 Å². The van der Waals surface area contributed by atoms with Crippen LogP contribution in [0.3, 0.4) is 0 Å². The van der Waals surface area contributed by atoms with E-state index in [1.807, 2.05) is 4.90 Å². The van der Waals surface area contributed by atoms with E-state index in [-0.39, 0.29) is 30.9 Å². The molecule has 1 atom stereocenters. The first-order valence-electron chi connectivity index (χ1n) is 7.41. The van der Waals surface area contributed by atoms with Crippen LogP contribution >= 0.6 is 0 Å². The summed E-state index contributed by atoms with van der Waals surface area (Å²) in [6, 6.07) is -0.0484. The van der Waals surface area contributed by atoms with Gasteiger partial charge in [-0.25, -0.2) is 0 Å². The van der Waals surface area contributed by atoms with Crippen molar-refractivity contribution in [3.8, 4) is 0 Å². The average Bonchev–Trinajstić information content (AvgIpc) is 2.81. The van der Waals surface area contributed by atoms with Crippen LogP contribution in [0, 0.1) is 0 Å². The van der Waals surface area contributed by atoms with E-state index in [0.29, 0.717) is 26.0 Å². The molecule has 0 saturated carbocycles. The fourth-order valence-corrected chi connectivity index (χ4v) is 2.47. The molecule has 21 heavy (non-hydrogen) atoms.